The van der Waals surface area contributed by atoms with E-state index >= 15 is 0 Å². The molecule has 0 aromatic carbocycles. The maximum absolute atomic E-state index is 12.6. The molecule has 0 aliphatic heterocycles. The van der Waals surface area contributed by atoms with Crippen LogP contribution in [0.3, 0.4) is 0 Å². The van der Waals surface area contributed by atoms with Crippen LogP contribution in [0.2, 0.25) is 0 Å². The third-order valence-corrected chi connectivity index (χ3v) is 7.84. The Morgan fingerprint density at radius 3 is 2.16 bits per heavy atom. The van der Waals surface area contributed by atoms with Crippen LogP contribution in [0.1, 0.15) is 84.5 Å². The number of carbonyl (C=O) groups excluding carboxylic acids is 3. The molecule has 7 nitrogen and oxygen atoms in total. The second-order valence-electron chi connectivity index (χ2n) is 9.99. The van der Waals surface area contributed by atoms with E-state index in [1.165, 1.54) is 38.5 Å². The molecule has 4 saturated carbocycles. The number of aromatic nitrogens is 1. The van der Waals surface area contributed by atoms with Crippen molar-refractivity contribution in [3.63, 3.8) is 0 Å². The molecule has 2 N–H and O–H groups in total. The first-order chi connectivity index (χ1) is 14.7. The zero-order valence-corrected chi connectivity index (χ0v) is 19.0. The van der Waals surface area contributed by atoms with Gasteiger partial charge in [-0.25, -0.2) is 9.59 Å². The van der Waals surface area contributed by atoms with Crippen molar-refractivity contribution in [2.45, 2.75) is 72.3 Å². The van der Waals surface area contributed by atoms with Crippen molar-refractivity contribution in [3.8, 4) is 0 Å². The van der Waals surface area contributed by atoms with Crippen LogP contribution in [0, 0.1) is 37.0 Å². The summed E-state index contributed by atoms with van der Waals surface area (Å²) in [6.07, 6.45) is 7.70. The van der Waals surface area contributed by atoms with Crippen LogP contribution in [0.15, 0.2) is 0 Å². The number of nitrogens with one attached hydrogen (secondary N) is 2. The fraction of sp³-hybridized carbons (Fsp3) is 0.708. The Labute approximate surface area is 183 Å². The summed E-state index contributed by atoms with van der Waals surface area (Å²) in [4.78, 5) is 40.1. The molecule has 1 heterocycles. The number of ether oxygens (including phenoxy) is 2. The second kappa shape index (κ2) is 8.32. The molecule has 1 atom stereocenters. The minimum atomic E-state index is -0.645. The average Bonchev–Trinajstić information content (AvgIpc) is 2.99. The number of rotatable bonds is 7. The molecule has 170 valence electrons. The maximum Gasteiger partial charge on any atom is 0.355 e. The Bertz CT molecular complexity index is 851. The molecule has 1 unspecified atom stereocenters. The summed E-state index contributed by atoms with van der Waals surface area (Å²) in [5.74, 6) is 1.05. The molecule has 0 radical (unpaired) electrons. The van der Waals surface area contributed by atoms with Crippen molar-refractivity contribution in [1.29, 1.82) is 0 Å². The van der Waals surface area contributed by atoms with Gasteiger partial charge in [0.1, 0.15) is 5.69 Å². The summed E-state index contributed by atoms with van der Waals surface area (Å²) in [6, 6.07) is 0.0805. The van der Waals surface area contributed by atoms with Gasteiger partial charge in [-0.1, -0.05) is 0 Å². The van der Waals surface area contributed by atoms with Gasteiger partial charge in [-0.3, -0.25) is 4.79 Å². The summed E-state index contributed by atoms with van der Waals surface area (Å²) >= 11 is 0. The normalized spacial score (nSPS) is 29.5. The lowest BCUT2D eigenvalue weighted by Crippen LogP contribution is -2.56. The van der Waals surface area contributed by atoms with E-state index < -0.39 is 11.9 Å². The lowest BCUT2D eigenvalue weighted by Gasteiger charge is -2.59. The lowest BCUT2D eigenvalue weighted by atomic mass is 9.48. The van der Waals surface area contributed by atoms with E-state index in [4.69, 9.17) is 9.47 Å². The maximum atomic E-state index is 12.6. The minimum absolute atomic E-state index is 0.0805. The topological polar surface area (TPSA) is 97.5 Å². The predicted octanol–water partition coefficient (Wildman–Crippen LogP) is 3.69. The average molecular weight is 431 g/mol. The van der Waals surface area contributed by atoms with Crippen molar-refractivity contribution >= 4 is 17.8 Å². The first kappa shape index (κ1) is 21.9. The molecule has 1 aromatic heterocycles. The highest BCUT2D eigenvalue weighted by Gasteiger charge is 2.53. The highest BCUT2D eigenvalue weighted by molar-refractivity contribution is 5.99. The van der Waals surface area contributed by atoms with Crippen molar-refractivity contribution in [3.05, 3.63) is 22.5 Å². The third-order valence-electron chi connectivity index (χ3n) is 7.84. The van der Waals surface area contributed by atoms with Crippen LogP contribution in [-0.2, 0) is 14.3 Å². The fourth-order valence-corrected chi connectivity index (χ4v) is 6.81. The van der Waals surface area contributed by atoms with Crippen LogP contribution in [0.5, 0.6) is 0 Å². The van der Waals surface area contributed by atoms with Crippen LogP contribution < -0.4 is 5.32 Å². The van der Waals surface area contributed by atoms with Crippen molar-refractivity contribution in [1.82, 2.24) is 10.3 Å². The Hall–Kier alpha value is -2.31. The molecule has 4 bridgehead atoms. The molecule has 4 aliphatic rings. The molecule has 7 heteroatoms. The zero-order valence-electron chi connectivity index (χ0n) is 19.0. The predicted molar refractivity (Wildman–Crippen MR) is 115 cm³/mol. The van der Waals surface area contributed by atoms with Crippen LogP contribution >= 0.6 is 0 Å². The fourth-order valence-electron chi connectivity index (χ4n) is 6.81. The molecular formula is C24H34N2O5. The van der Waals surface area contributed by atoms with Gasteiger partial charge in [-0.2, -0.15) is 0 Å². The van der Waals surface area contributed by atoms with E-state index in [2.05, 4.69) is 17.2 Å². The van der Waals surface area contributed by atoms with Crippen molar-refractivity contribution in [2.75, 3.05) is 13.2 Å². The first-order valence-corrected chi connectivity index (χ1v) is 11.5. The van der Waals surface area contributed by atoms with Gasteiger partial charge < -0.3 is 19.8 Å². The number of hydrogen-bond acceptors (Lipinski definition) is 5. The van der Waals surface area contributed by atoms with E-state index in [0.29, 0.717) is 16.8 Å². The summed E-state index contributed by atoms with van der Waals surface area (Å²) in [6.45, 7) is 7.13. The van der Waals surface area contributed by atoms with Gasteiger partial charge in [0.05, 0.1) is 12.2 Å². The highest BCUT2D eigenvalue weighted by Crippen LogP contribution is 2.61. The molecule has 0 saturated heterocycles. The largest absolute Gasteiger partial charge is 0.462 e. The highest BCUT2D eigenvalue weighted by atomic mass is 16.5. The van der Waals surface area contributed by atoms with Crippen LogP contribution in [0.25, 0.3) is 0 Å². The SMILES string of the molecule is CCOC(=O)c1c(C)[nH]c(C(=O)OCC(=O)NC(C)C23CC4CC(CC(C4)C2)C3)c1C. The van der Waals surface area contributed by atoms with E-state index in [9.17, 15) is 14.4 Å². The summed E-state index contributed by atoms with van der Waals surface area (Å²) < 4.78 is 10.3. The van der Waals surface area contributed by atoms with Gasteiger partial charge in [0, 0.05) is 11.7 Å². The molecule has 1 aromatic rings. The minimum Gasteiger partial charge on any atom is -0.462 e. The molecule has 4 aliphatic carbocycles. The van der Waals surface area contributed by atoms with Gasteiger partial charge in [-0.05, 0) is 95.0 Å². The number of aryl methyl sites for hydroxylation is 1. The molecular weight excluding hydrogens is 396 g/mol. The number of aromatic amines is 1. The van der Waals surface area contributed by atoms with E-state index in [-0.39, 0.29) is 36.3 Å². The number of carbonyl (C=O) groups is 3. The van der Waals surface area contributed by atoms with Gasteiger partial charge in [0.25, 0.3) is 5.91 Å². The number of esters is 2. The van der Waals surface area contributed by atoms with Gasteiger partial charge >= 0.3 is 11.9 Å². The standard InChI is InChI=1S/C24H34N2O5/c1-5-30-22(28)20-13(2)21(25-14(20)3)23(29)31-12-19(27)26-15(4)24-9-16-6-17(10-24)8-18(7-16)11-24/h15-18,25H,5-12H2,1-4H3,(H,26,27). The van der Waals surface area contributed by atoms with E-state index in [1.54, 1.807) is 20.8 Å². The summed E-state index contributed by atoms with van der Waals surface area (Å²) in [5, 5.41) is 3.11. The van der Waals surface area contributed by atoms with Crippen LogP contribution in [0.4, 0.5) is 0 Å². The molecule has 5 rings (SSSR count). The molecule has 31 heavy (non-hydrogen) atoms. The molecule has 1 amide bonds. The van der Waals surface area contributed by atoms with Gasteiger partial charge in [0.15, 0.2) is 6.61 Å². The molecule has 4 fully saturated rings. The Morgan fingerprint density at radius 1 is 1.03 bits per heavy atom. The third kappa shape index (κ3) is 4.11. The number of hydrogen-bond donors (Lipinski definition) is 2. The lowest BCUT2D eigenvalue weighted by molar-refractivity contribution is -0.128. The molecule has 0 spiro atoms. The second-order valence-corrected chi connectivity index (χ2v) is 9.99. The quantitative estimate of drug-likeness (QED) is 0.643. The zero-order chi connectivity index (χ0) is 22.3. The van der Waals surface area contributed by atoms with Crippen LogP contribution in [-0.4, -0.2) is 42.1 Å². The van der Waals surface area contributed by atoms with Gasteiger partial charge in [-0.15, -0.1) is 0 Å². The Morgan fingerprint density at radius 2 is 1.61 bits per heavy atom. The first-order valence-electron chi connectivity index (χ1n) is 11.5. The monoisotopic (exact) mass is 430 g/mol. The van der Waals surface area contributed by atoms with E-state index in [0.717, 1.165) is 17.8 Å². The Balaban J connectivity index is 1.34. The van der Waals surface area contributed by atoms with E-state index in [1.807, 2.05) is 0 Å². The Kier molecular flexibility index (Phi) is 5.88. The number of amides is 1. The van der Waals surface area contributed by atoms with Crippen molar-refractivity contribution < 1.29 is 23.9 Å². The van der Waals surface area contributed by atoms with Gasteiger partial charge in [0.2, 0.25) is 0 Å². The summed E-state index contributed by atoms with van der Waals surface area (Å²) in [7, 11) is 0. The smallest absolute Gasteiger partial charge is 0.355 e. The number of H-pyrrole nitrogens is 1. The summed E-state index contributed by atoms with van der Waals surface area (Å²) in [5.41, 5.74) is 1.75. The van der Waals surface area contributed by atoms with Crippen molar-refractivity contribution in [2.24, 2.45) is 23.2 Å².